The first-order valence-electron chi connectivity index (χ1n) is 33.5. The molecule has 0 radical (unpaired) electrons. The largest absolute Gasteiger partial charge is 0.494 e. The third-order valence-electron chi connectivity index (χ3n) is 16.9. The Bertz CT molecular complexity index is 2390. The van der Waals surface area contributed by atoms with Gasteiger partial charge in [-0.25, -0.2) is 10.0 Å². The van der Waals surface area contributed by atoms with E-state index in [0.717, 1.165) is 127 Å². The Morgan fingerprint density at radius 3 is 1.08 bits per heavy atom. The second kappa shape index (κ2) is 49.1. The lowest BCUT2D eigenvalue weighted by atomic mass is 9.86. The van der Waals surface area contributed by atoms with Gasteiger partial charge in [0.2, 0.25) is 0 Å². The maximum Gasteiger partial charge on any atom is 0.119 e. The predicted octanol–water partition coefficient (Wildman–Crippen LogP) is 13.0. The van der Waals surface area contributed by atoms with E-state index in [0.29, 0.717) is 0 Å². The van der Waals surface area contributed by atoms with Gasteiger partial charge in [-0.3, -0.25) is 11.3 Å². The van der Waals surface area contributed by atoms with Crippen LogP contribution in [0.3, 0.4) is 0 Å². The molecule has 14 heteroatoms. The van der Waals surface area contributed by atoms with Gasteiger partial charge in [-0.15, -0.1) is 0 Å². The Morgan fingerprint density at radius 2 is 0.744 bits per heavy atom. The standard InChI is InChI=1S/C13H20N2O.2C12H17NO.2C12H17N.C9H12O.C5H12N2.CH4.2H3N/c1-3-7-13(8-4-1)16-12-9-14-15-10-5-2-6-11-15;2*14-12(6-8-13-9-7-12)10-11-4-2-1-3-5-11;2*1-2-4-11(5-3-1)10-12-6-8-13-9-7-12;1-2-8-10-9-6-4-3-5-7-9;6-7-4-2-1-3-5-7;;;/h1,3-4,7-8,14H,2,5-6,9-12H2;2*1-5,13-14H,6-10H2;2*1-5,12-13H,6-10H2;3-7H,2,8H2,1H3;1-6H2;1H4;2*1H3. The fraction of sp³-hybridized carbons (Fsp3) is 0.526. The molecule has 6 aromatic carbocycles. The molecule has 6 aliphatic heterocycles. The van der Waals surface area contributed by atoms with Gasteiger partial charge in [-0.2, -0.15) is 0 Å². The maximum absolute atomic E-state index is 10.3. The third kappa shape index (κ3) is 35.9. The number of para-hydroxylation sites is 2. The second-order valence-corrected chi connectivity index (χ2v) is 24.4. The van der Waals surface area contributed by atoms with Crippen LogP contribution in [-0.4, -0.2) is 130 Å². The van der Waals surface area contributed by atoms with E-state index >= 15 is 0 Å². The van der Waals surface area contributed by atoms with Crippen molar-refractivity contribution in [2.45, 2.75) is 148 Å². The highest BCUT2D eigenvalue weighted by molar-refractivity contribution is 5.23. The van der Waals surface area contributed by atoms with Gasteiger partial charge in [0.1, 0.15) is 18.1 Å². The van der Waals surface area contributed by atoms with Crippen molar-refractivity contribution in [3.63, 3.8) is 0 Å². The van der Waals surface area contributed by atoms with Gasteiger partial charge in [0.15, 0.2) is 0 Å². The van der Waals surface area contributed by atoms with E-state index in [9.17, 15) is 10.2 Å². The van der Waals surface area contributed by atoms with Crippen LogP contribution < -0.4 is 54.3 Å². The van der Waals surface area contributed by atoms with Gasteiger partial charge in [0, 0.05) is 45.6 Å². The Morgan fingerprint density at radius 1 is 0.433 bits per heavy atom. The van der Waals surface area contributed by atoms with Crippen molar-refractivity contribution in [1.82, 2.24) is 49.0 Å². The Hall–Kier alpha value is -5.56. The topological polar surface area (TPSA) is 222 Å². The highest BCUT2D eigenvalue weighted by Gasteiger charge is 2.30. The monoisotopic (exact) mass is 1240 g/mol. The summed E-state index contributed by atoms with van der Waals surface area (Å²) in [6, 6.07) is 62.0. The number of piperidine rings is 6. The minimum absolute atomic E-state index is 0. The number of benzene rings is 6. The van der Waals surface area contributed by atoms with Crippen molar-refractivity contribution >= 4 is 0 Å². The number of nitrogens with zero attached hydrogens (tertiary/aromatic N) is 2. The number of ether oxygens (including phenoxy) is 2. The van der Waals surface area contributed by atoms with E-state index in [1.54, 1.807) is 0 Å². The molecule has 0 aliphatic carbocycles. The first-order chi connectivity index (χ1) is 42.7. The summed E-state index contributed by atoms with van der Waals surface area (Å²) < 4.78 is 11.0. The van der Waals surface area contributed by atoms with Crippen molar-refractivity contribution in [3.8, 4) is 11.5 Å². The summed E-state index contributed by atoms with van der Waals surface area (Å²) in [5.41, 5.74) is 7.90. The van der Waals surface area contributed by atoms with Gasteiger partial charge in [0.25, 0.3) is 0 Å². The molecular formula is C76H122N10O4. The van der Waals surface area contributed by atoms with E-state index in [2.05, 4.69) is 124 Å². The van der Waals surface area contributed by atoms with Gasteiger partial charge in [-0.05, 0) is 207 Å². The lowest BCUT2D eigenvalue weighted by Crippen LogP contribution is -2.43. The Labute approximate surface area is 545 Å². The SMILES string of the molecule is C.CCCOc1ccccc1.N.N.NN1CCCCC1.OC1(Cc2ccccc2)CCNCC1.OC1(Cc2ccccc2)CCNCC1.c1ccc(CC2CCNCC2)cc1.c1ccc(CC2CCNCC2)cc1.c1ccc(OCCNN2CCCCC2)cc1. The summed E-state index contributed by atoms with van der Waals surface area (Å²) in [4.78, 5) is 0. The molecule has 0 spiro atoms. The zero-order valence-corrected chi connectivity index (χ0v) is 54.6. The lowest BCUT2D eigenvalue weighted by molar-refractivity contribution is 0.0104. The molecule has 90 heavy (non-hydrogen) atoms. The molecule has 6 aromatic rings. The van der Waals surface area contributed by atoms with Crippen molar-refractivity contribution in [2.24, 2.45) is 17.7 Å². The second-order valence-electron chi connectivity index (χ2n) is 24.4. The number of aliphatic hydroxyl groups is 2. The van der Waals surface area contributed by atoms with Crippen LogP contribution in [0, 0.1) is 11.8 Å². The highest BCUT2D eigenvalue weighted by atomic mass is 16.5. The molecule has 14 nitrogen and oxygen atoms in total. The minimum Gasteiger partial charge on any atom is -0.494 e. The number of hydrogen-bond donors (Lipinski definition) is 10. The average Bonchev–Trinajstić information content (AvgIpc) is 2.33. The molecule has 15 N–H and O–H groups in total. The normalized spacial score (nSPS) is 17.9. The van der Waals surface area contributed by atoms with Gasteiger partial charge < -0.3 is 53.3 Å². The molecular weight excluding hydrogens is 1120 g/mol. The number of nitrogens with two attached hydrogens (primary N) is 1. The molecule has 12 rings (SSSR count). The average molecular weight is 1240 g/mol. The summed E-state index contributed by atoms with van der Waals surface area (Å²) in [5.74, 6) is 9.19. The van der Waals surface area contributed by atoms with Crippen LogP contribution >= 0.6 is 0 Å². The third-order valence-corrected chi connectivity index (χ3v) is 16.9. The summed E-state index contributed by atoms with van der Waals surface area (Å²) in [6.07, 6.45) is 21.9. The smallest absolute Gasteiger partial charge is 0.119 e. The van der Waals surface area contributed by atoms with Gasteiger partial charge in [0.05, 0.1) is 17.8 Å². The van der Waals surface area contributed by atoms with Crippen LogP contribution in [0.4, 0.5) is 0 Å². The van der Waals surface area contributed by atoms with E-state index in [1.165, 1.54) is 139 Å². The zero-order valence-electron chi connectivity index (χ0n) is 54.6. The summed E-state index contributed by atoms with van der Waals surface area (Å²) >= 11 is 0. The summed E-state index contributed by atoms with van der Waals surface area (Å²) in [6.45, 7) is 17.6. The minimum atomic E-state index is -0.480. The molecule has 0 bridgehead atoms. The van der Waals surface area contributed by atoms with E-state index in [1.807, 2.05) is 102 Å². The molecule has 6 aliphatic rings. The molecule has 6 fully saturated rings. The first kappa shape index (κ1) is 78.7. The van der Waals surface area contributed by atoms with Crippen LogP contribution in [-0.2, 0) is 25.7 Å². The quantitative estimate of drug-likeness (QED) is 0.0322. The highest BCUT2D eigenvalue weighted by Crippen LogP contribution is 2.25. The molecule has 0 unspecified atom stereocenters. The molecule has 6 saturated heterocycles. The van der Waals surface area contributed by atoms with E-state index in [4.69, 9.17) is 15.3 Å². The number of hydrazine groups is 2. The lowest BCUT2D eigenvalue weighted by Gasteiger charge is -2.32. The van der Waals surface area contributed by atoms with Crippen molar-refractivity contribution in [1.29, 1.82) is 0 Å². The number of nitrogens with one attached hydrogen (secondary N) is 5. The maximum atomic E-state index is 10.3. The van der Waals surface area contributed by atoms with Crippen molar-refractivity contribution in [3.05, 3.63) is 204 Å². The number of rotatable bonds is 16. The van der Waals surface area contributed by atoms with Crippen molar-refractivity contribution < 1.29 is 19.7 Å². The Kier molecular flexibility index (Phi) is 42.9. The Balaban J connectivity index is 0.000000275. The van der Waals surface area contributed by atoms with Crippen LogP contribution in [0.5, 0.6) is 11.5 Å². The van der Waals surface area contributed by atoms with Crippen LogP contribution in [0.25, 0.3) is 0 Å². The number of hydrogen-bond acceptors (Lipinski definition) is 14. The molecule has 6 heterocycles. The van der Waals surface area contributed by atoms with Crippen LogP contribution in [0.1, 0.15) is 133 Å². The molecule has 0 aromatic heterocycles. The van der Waals surface area contributed by atoms with E-state index in [-0.39, 0.29) is 19.7 Å². The fourth-order valence-electron chi connectivity index (χ4n) is 11.8. The van der Waals surface area contributed by atoms with Gasteiger partial charge >= 0.3 is 0 Å². The van der Waals surface area contributed by atoms with Crippen LogP contribution in [0.2, 0.25) is 0 Å². The predicted molar refractivity (Wildman–Crippen MR) is 380 cm³/mol. The molecule has 0 atom stereocenters. The van der Waals surface area contributed by atoms with Crippen molar-refractivity contribution in [2.75, 3.05) is 98.3 Å². The van der Waals surface area contributed by atoms with E-state index < -0.39 is 11.2 Å². The molecule has 0 saturated carbocycles. The molecule has 500 valence electrons. The summed E-state index contributed by atoms with van der Waals surface area (Å²) in [7, 11) is 0. The zero-order chi connectivity index (χ0) is 61.0. The molecule has 0 amide bonds. The first-order valence-corrected chi connectivity index (χ1v) is 33.5. The summed E-state index contributed by atoms with van der Waals surface area (Å²) in [5, 5.41) is 38.1. The fourth-order valence-corrected chi connectivity index (χ4v) is 11.8. The van der Waals surface area contributed by atoms with Crippen LogP contribution in [0.15, 0.2) is 182 Å². The van der Waals surface area contributed by atoms with Gasteiger partial charge in [-0.1, -0.05) is 185 Å².